The van der Waals surface area contributed by atoms with Crippen molar-refractivity contribution in [2.75, 3.05) is 14.2 Å². The fourth-order valence-corrected chi connectivity index (χ4v) is 7.37. The van der Waals surface area contributed by atoms with E-state index in [9.17, 15) is 15.3 Å². The van der Waals surface area contributed by atoms with E-state index >= 15 is 0 Å². The molecule has 43 heavy (non-hydrogen) atoms. The number of phenols is 2. The summed E-state index contributed by atoms with van der Waals surface area (Å²) in [5.41, 5.74) is 6.07. The van der Waals surface area contributed by atoms with E-state index in [0.29, 0.717) is 22.8 Å². The highest BCUT2D eigenvalue weighted by atomic mass is 16.5. The number of benzene rings is 3. The summed E-state index contributed by atoms with van der Waals surface area (Å²) < 4.78 is 24.5. The lowest BCUT2D eigenvalue weighted by molar-refractivity contribution is -0.00362. The first-order chi connectivity index (χ1) is 20.9. The first kappa shape index (κ1) is 29.5. The van der Waals surface area contributed by atoms with Gasteiger partial charge >= 0.3 is 0 Å². The number of rotatable bonds is 9. The van der Waals surface area contributed by atoms with E-state index in [1.54, 1.807) is 19.2 Å². The van der Waals surface area contributed by atoms with Crippen LogP contribution in [0.5, 0.6) is 34.5 Å². The van der Waals surface area contributed by atoms with Crippen molar-refractivity contribution in [1.82, 2.24) is 0 Å². The molecule has 3 aromatic carbocycles. The first-order valence-electron chi connectivity index (χ1n) is 15.9. The lowest BCUT2D eigenvalue weighted by atomic mass is 9.74. The predicted molar refractivity (Wildman–Crippen MR) is 166 cm³/mol. The summed E-state index contributed by atoms with van der Waals surface area (Å²) in [6.07, 6.45) is 9.41. The highest BCUT2D eigenvalue weighted by molar-refractivity contribution is 5.82. The first-order valence-corrected chi connectivity index (χ1v) is 15.9. The van der Waals surface area contributed by atoms with E-state index in [1.165, 1.54) is 13.5 Å². The molecule has 3 N–H and O–H groups in total. The molecule has 0 radical (unpaired) electrons. The molecule has 1 aliphatic heterocycles. The normalized spacial score (nSPS) is 21.3. The van der Waals surface area contributed by atoms with Crippen molar-refractivity contribution in [2.45, 2.75) is 102 Å². The van der Waals surface area contributed by atoms with E-state index in [1.807, 2.05) is 24.3 Å². The van der Waals surface area contributed by atoms with Crippen molar-refractivity contribution >= 4 is 0 Å². The summed E-state index contributed by atoms with van der Waals surface area (Å²) in [5.74, 6) is 2.19. The zero-order chi connectivity index (χ0) is 30.1. The molecule has 3 aromatic rings. The number of aromatic hydroxyl groups is 2. The van der Waals surface area contributed by atoms with Gasteiger partial charge in [0, 0.05) is 28.7 Å². The SMILES string of the molecule is CCCCC[C@@H]1c2c(cc(OC)c3c2CCc2cc(O)ccc2-3)O[C@@H](c2cc(OC)c(O)c(OC3CCCCC3)c2)[C@@H]1O. The molecular weight excluding hydrogens is 544 g/mol. The quantitative estimate of drug-likeness (QED) is 0.220. The summed E-state index contributed by atoms with van der Waals surface area (Å²) in [6, 6.07) is 11.0. The highest BCUT2D eigenvalue weighted by Crippen LogP contribution is 2.54. The monoisotopic (exact) mass is 588 g/mol. The largest absolute Gasteiger partial charge is 0.508 e. The van der Waals surface area contributed by atoms with Gasteiger partial charge in [-0.1, -0.05) is 38.7 Å². The maximum Gasteiger partial charge on any atom is 0.200 e. The van der Waals surface area contributed by atoms with Crippen LogP contribution >= 0.6 is 0 Å². The molecule has 0 aromatic heterocycles. The van der Waals surface area contributed by atoms with Gasteiger partial charge < -0.3 is 34.3 Å². The second kappa shape index (κ2) is 12.6. The molecule has 1 saturated carbocycles. The third-order valence-corrected chi connectivity index (χ3v) is 9.55. The second-order valence-corrected chi connectivity index (χ2v) is 12.3. The average Bonchev–Trinajstić information content (AvgIpc) is 3.02. The Balaban J connectivity index is 1.45. The number of hydrogen-bond donors (Lipinski definition) is 3. The number of hydrogen-bond acceptors (Lipinski definition) is 7. The number of aryl methyl sites for hydroxylation is 1. The average molecular weight is 589 g/mol. The molecule has 230 valence electrons. The molecule has 0 spiro atoms. The van der Waals surface area contributed by atoms with Gasteiger partial charge in [-0.05, 0) is 85.9 Å². The van der Waals surface area contributed by atoms with Gasteiger partial charge in [0.15, 0.2) is 17.6 Å². The van der Waals surface area contributed by atoms with Crippen LogP contribution in [0.1, 0.15) is 99.0 Å². The fourth-order valence-electron chi connectivity index (χ4n) is 7.37. The van der Waals surface area contributed by atoms with E-state index in [0.717, 1.165) is 97.8 Å². The van der Waals surface area contributed by atoms with Crippen LogP contribution in [-0.4, -0.2) is 41.7 Å². The van der Waals surface area contributed by atoms with Gasteiger partial charge in [-0.15, -0.1) is 0 Å². The van der Waals surface area contributed by atoms with Gasteiger partial charge in [-0.25, -0.2) is 0 Å². The number of fused-ring (bicyclic) bond motifs is 5. The second-order valence-electron chi connectivity index (χ2n) is 12.3. The fraction of sp³-hybridized carbons (Fsp3) is 0.500. The number of ether oxygens (including phenoxy) is 4. The zero-order valence-corrected chi connectivity index (χ0v) is 25.5. The van der Waals surface area contributed by atoms with Crippen molar-refractivity contribution in [3.63, 3.8) is 0 Å². The van der Waals surface area contributed by atoms with Gasteiger partial charge in [0.05, 0.1) is 20.3 Å². The van der Waals surface area contributed by atoms with Gasteiger partial charge in [-0.3, -0.25) is 0 Å². The Bertz CT molecular complexity index is 1460. The van der Waals surface area contributed by atoms with Crippen molar-refractivity contribution in [3.8, 4) is 45.6 Å². The summed E-state index contributed by atoms with van der Waals surface area (Å²) in [4.78, 5) is 0. The molecule has 6 rings (SSSR count). The number of methoxy groups -OCH3 is 2. The number of unbranched alkanes of at least 4 members (excludes halogenated alkanes) is 2. The Hall–Kier alpha value is -3.58. The Kier molecular flexibility index (Phi) is 8.62. The smallest absolute Gasteiger partial charge is 0.200 e. The summed E-state index contributed by atoms with van der Waals surface area (Å²) in [7, 11) is 3.20. The lowest BCUT2D eigenvalue weighted by Crippen LogP contribution is -2.36. The van der Waals surface area contributed by atoms with E-state index in [4.69, 9.17) is 18.9 Å². The van der Waals surface area contributed by atoms with Crippen LogP contribution in [0, 0.1) is 0 Å². The molecule has 3 aliphatic rings. The molecule has 7 nitrogen and oxygen atoms in total. The van der Waals surface area contributed by atoms with Crippen molar-refractivity contribution in [1.29, 1.82) is 0 Å². The minimum Gasteiger partial charge on any atom is -0.508 e. The van der Waals surface area contributed by atoms with Crippen LogP contribution in [0.25, 0.3) is 11.1 Å². The third kappa shape index (κ3) is 5.60. The van der Waals surface area contributed by atoms with Gasteiger partial charge in [0.2, 0.25) is 5.75 Å². The van der Waals surface area contributed by atoms with Crippen molar-refractivity contribution < 1.29 is 34.3 Å². The Morgan fingerprint density at radius 3 is 2.40 bits per heavy atom. The molecule has 0 amide bonds. The Morgan fingerprint density at radius 1 is 0.884 bits per heavy atom. The van der Waals surface area contributed by atoms with Crippen LogP contribution in [-0.2, 0) is 12.8 Å². The van der Waals surface area contributed by atoms with Gasteiger partial charge in [0.1, 0.15) is 23.4 Å². The number of aliphatic hydroxyl groups is 1. The van der Waals surface area contributed by atoms with Crippen molar-refractivity contribution in [2.24, 2.45) is 0 Å². The van der Waals surface area contributed by atoms with Crippen LogP contribution in [0.4, 0.5) is 0 Å². The maximum atomic E-state index is 12.1. The lowest BCUT2D eigenvalue weighted by Gasteiger charge is -2.40. The van der Waals surface area contributed by atoms with E-state index < -0.39 is 12.2 Å². The summed E-state index contributed by atoms with van der Waals surface area (Å²) >= 11 is 0. The van der Waals surface area contributed by atoms with E-state index in [2.05, 4.69) is 6.92 Å². The molecule has 2 aliphatic carbocycles. The molecule has 3 atom stereocenters. The molecule has 0 bridgehead atoms. The molecular formula is C36H44O7. The van der Waals surface area contributed by atoms with Gasteiger partial charge in [-0.2, -0.15) is 0 Å². The maximum absolute atomic E-state index is 12.1. The van der Waals surface area contributed by atoms with Crippen LogP contribution < -0.4 is 18.9 Å². The van der Waals surface area contributed by atoms with Crippen molar-refractivity contribution in [3.05, 3.63) is 58.7 Å². The topological polar surface area (TPSA) is 97.6 Å². The van der Waals surface area contributed by atoms with Crippen LogP contribution in [0.15, 0.2) is 36.4 Å². The van der Waals surface area contributed by atoms with Crippen LogP contribution in [0.2, 0.25) is 0 Å². The number of aliphatic hydroxyl groups excluding tert-OH is 1. The molecule has 1 fully saturated rings. The minimum atomic E-state index is -0.820. The molecule has 0 saturated heterocycles. The van der Waals surface area contributed by atoms with Crippen LogP contribution in [0.3, 0.4) is 0 Å². The third-order valence-electron chi connectivity index (χ3n) is 9.55. The zero-order valence-electron chi connectivity index (χ0n) is 25.5. The molecule has 0 unspecified atom stereocenters. The molecule has 1 heterocycles. The minimum absolute atomic E-state index is 0.0255. The summed E-state index contributed by atoms with van der Waals surface area (Å²) in [5, 5.41) is 33.2. The number of phenolic OH excluding ortho intramolecular Hbond substituents is 2. The van der Waals surface area contributed by atoms with Gasteiger partial charge in [0.25, 0.3) is 0 Å². The van der Waals surface area contributed by atoms with E-state index in [-0.39, 0.29) is 23.5 Å². The summed E-state index contributed by atoms with van der Waals surface area (Å²) in [6.45, 7) is 2.19. The predicted octanol–water partition coefficient (Wildman–Crippen LogP) is 7.75. The Morgan fingerprint density at radius 2 is 1.65 bits per heavy atom. The standard InChI is InChI=1S/C36H44O7/c1-4-5-7-12-27-33-26-15-13-21-17-23(37)14-16-25(21)32(26)28(40-2)20-29(33)43-36(34(27)38)22-18-30(41-3)35(39)31(19-22)42-24-10-8-6-9-11-24/h14,16-20,24,27,34,36-39H,4-13,15H2,1-3H3/t27-,34-,36+/m1/s1. The highest BCUT2D eigenvalue weighted by Gasteiger charge is 2.42. The molecule has 7 heteroatoms. The Labute approximate surface area is 254 Å².